The molecule has 0 saturated carbocycles. The maximum Gasteiger partial charge on any atom is 0.419 e. The summed E-state index contributed by atoms with van der Waals surface area (Å²) in [6.45, 7) is 0. The molecule has 0 heterocycles. The normalized spacial score (nSPS) is 11.5. The molecule has 1 aromatic carbocycles. The molecule has 1 aromatic rings. The molecule has 82 valence electrons. The SMILES string of the molecule is O=CCCc1ccc(C(F)(F)F)c(F)c1. The van der Waals surface area contributed by atoms with Crippen LogP contribution in [0.4, 0.5) is 17.6 Å². The van der Waals surface area contributed by atoms with Gasteiger partial charge in [0.05, 0.1) is 5.56 Å². The van der Waals surface area contributed by atoms with Crippen molar-refractivity contribution in [2.75, 3.05) is 0 Å². The Labute approximate surface area is 83.7 Å². The van der Waals surface area contributed by atoms with Gasteiger partial charge in [0.2, 0.25) is 0 Å². The van der Waals surface area contributed by atoms with Crippen LogP contribution in [-0.4, -0.2) is 6.29 Å². The van der Waals surface area contributed by atoms with Crippen molar-refractivity contribution in [2.45, 2.75) is 19.0 Å². The average molecular weight is 220 g/mol. The molecular weight excluding hydrogens is 212 g/mol. The topological polar surface area (TPSA) is 17.1 Å². The van der Waals surface area contributed by atoms with Gasteiger partial charge in [-0.05, 0) is 24.1 Å². The van der Waals surface area contributed by atoms with Crippen molar-refractivity contribution in [2.24, 2.45) is 0 Å². The summed E-state index contributed by atoms with van der Waals surface area (Å²) in [6, 6.07) is 2.68. The van der Waals surface area contributed by atoms with Crippen LogP contribution in [0.1, 0.15) is 17.5 Å². The largest absolute Gasteiger partial charge is 0.419 e. The van der Waals surface area contributed by atoms with E-state index in [9.17, 15) is 22.4 Å². The number of hydrogen-bond donors (Lipinski definition) is 0. The third-order valence-electron chi connectivity index (χ3n) is 1.89. The van der Waals surface area contributed by atoms with Crippen molar-refractivity contribution < 1.29 is 22.4 Å². The molecule has 0 radical (unpaired) electrons. The first-order chi connectivity index (χ1) is 6.95. The van der Waals surface area contributed by atoms with Crippen LogP contribution in [0, 0.1) is 5.82 Å². The van der Waals surface area contributed by atoms with E-state index in [-0.39, 0.29) is 12.8 Å². The van der Waals surface area contributed by atoms with Crippen molar-refractivity contribution >= 4 is 6.29 Å². The number of aryl methyl sites for hydroxylation is 1. The van der Waals surface area contributed by atoms with E-state index in [1.165, 1.54) is 6.07 Å². The lowest BCUT2D eigenvalue weighted by Gasteiger charge is -2.08. The molecule has 5 heteroatoms. The lowest BCUT2D eigenvalue weighted by atomic mass is 10.1. The fourth-order valence-electron chi connectivity index (χ4n) is 1.17. The maximum absolute atomic E-state index is 13.0. The molecule has 0 fully saturated rings. The lowest BCUT2D eigenvalue weighted by molar-refractivity contribution is -0.140. The molecule has 1 rings (SSSR count). The molecule has 0 saturated heterocycles. The van der Waals surface area contributed by atoms with E-state index in [0.29, 0.717) is 17.9 Å². The van der Waals surface area contributed by atoms with E-state index in [0.717, 1.165) is 6.07 Å². The highest BCUT2D eigenvalue weighted by molar-refractivity contribution is 5.50. The first-order valence-corrected chi connectivity index (χ1v) is 4.24. The molecule has 0 aliphatic carbocycles. The quantitative estimate of drug-likeness (QED) is 0.565. The average Bonchev–Trinajstić information content (AvgIpc) is 2.12. The number of halogens is 4. The Morgan fingerprint density at radius 2 is 1.93 bits per heavy atom. The molecule has 1 nitrogen and oxygen atoms in total. The number of carbonyl (C=O) groups is 1. The third kappa shape index (κ3) is 3.04. The number of rotatable bonds is 3. The molecule has 0 aliphatic rings. The van der Waals surface area contributed by atoms with Crippen molar-refractivity contribution in [1.29, 1.82) is 0 Å². The molecule has 0 unspecified atom stereocenters. The summed E-state index contributed by atoms with van der Waals surface area (Å²) in [5.41, 5.74) is -0.898. The Kier molecular flexibility index (Phi) is 3.44. The Bertz CT molecular complexity index is 357. The molecule has 0 spiro atoms. The Morgan fingerprint density at radius 1 is 1.27 bits per heavy atom. The van der Waals surface area contributed by atoms with Crippen LogP contribution >= 0.6 is 0 Å². The molecule has 0 aliphatic heterocycles. The second-order valence-corrected chi connectivity index (χ2v) is 3.02. The van der Waals surface area contributed by atoms with Gasteiger partial charge in [-0.3, -0.25) is 0 Å². The van der Waals surface area contributed by atoms with Crippen LogP contribution in [-0.2, 0) is 17.4 Å². The van der Waals surface area contributed by atoms with Gasteiger partial charge < -0.3 is 4.79 Å². The van der Waals surface area contributed by atoms with Crippen LogP contribution in [0.25, 0.3) is 0 Å². The molecule has 0 atom stereocenters. The van der Waals surface area contributed by atoms with Gasteiger partial charge in [-0.1, -0.05) is 6.07 Å². The fraction of sp³-hybridized carbons (Fsp3) is 0.300. The predicted octanol–water partition coefficient (Wildman–Crippen LogP) is 2.98. The number of benzene rings is 1. The van der Waals surface area contributed by atoms with Crippen LogP contribution in [0.2, 0.25) is 0 Å². The van der Waals surface area contributed by atoms with E-state index in [2.05, 4.69) is 0 Å². The fourth-order valence-corrected chi connectivity index (χ4v) is 1.17. The molecule has 15 heavy (non-hydrogen) atoms. The van der Waals surface area contributed by atoms with Gasteiger partial charge in [0.15, 0.2) is 0 Å². The van der Waals surface area contributed by atoms with Crippen molar-refractivity contribution in [3.8, 4) is 0 Å². The summed E-state index contributed by atoms with van der Waals surface area (Å²) in [7, 11) is 0. The van der Waals surface area contributed by atoms with E-state index in [1.54, 1.807) is 0 Å². The van der Waals surface area contributed by atoms with Gasteiger partial charge in [0.25, 0.3) is 0 Å². The van der Waals surface area contributed by atoms with E-state index in [4.69, 9.17) is 0 Å². The summed E-state index contributed by atoms with van der Waals surface area (Å²) in [5, 5.41) is 0. The zero-order valence-electron chi connectivity index (χ0n) is 7.64. The zero-order chi connectivity index (χ0) is 11.5. The molecule has 0 aromatic heterocycles. The van der Waals surface area contributed by atoms with E-state index in [1.807, 2.05) is 0 Å². The highest BCUT2D eigenvalue weighted by Gasteiger charge is 2.33. The van der Waals surface area contributed by atoms with Gasteiger partial charge in [0.1, 0.15) is 12.1 Å². The first-order valence-electron chi connectivity index (χ1n) is 4.24. The van der Waals surface area contributed by atoms with Crippen LogP contribution in [0.15, 0.2) is 18.2 Å². The molecule has 0 bridgehead atoms. The Morgan fingerprint density at radius 3 is 2.40 bits per heavy atom. The number of carbonyl (C=O) groups excluding carboxylic acids is 1. The van der Waals surface area contributed by atoms with Crippen molar-refractivity contribution in [3.63, 3.8) is 0 Å². The summed E-state index contributed by atoms with van der Waals surface area (Å²) in [6.07, 6.45) is -3.62. The van der Waals surface area contributed by atoms with Gasteiger partial charge >= 0.3 is 6.18 Å². The van der Waals surface area contributed by atoms with Crippen molar-refractivity contribution in [3.05, 3.63) is 35.1 Å². The zero-order valence-corrected chi connectivity index (χ0v) is 7.64. The van der Waals surface area contributed by atoms with Crippen molar-refractivity contribution in [1.82, 2.24) is 0 Å². The van der Waals surface area contributed by atoms with Gasteiger partial charge in [-0.25, -0.2) is 4.39 Å². The predicted molar refractivity (Wildman–Crippen MR) is 45.8 cm³/mol. The van der Waals surface area contributed by atoms with Crippen LogP contribution in [0.3, 0.4) is 0 Å². The number of hydrogen-bond acceptors (Lipinski definition) is 1. The van der Waals surface area contributed by atoms with Crippen LogP contribution in [0.5, 0.6) is 0 Å². The highest BCUT2D eigenvalue weighted by Crippen LogP contribution is 2.31. The second-order valence-electron chi connectivity index (χ2n) is 3.02. The molecular formula is C10H8F4O. The second kappa shape index (κ2) is 4.42. The Balaban J connectivity index is 2.93. The summed E-state index contributed by atoms with van der Waals surface area (Å²) < 4.78 is 49.4. The lowest BCUT2D eigenvalue weighted by Crippen LogP contribution is -2.08. The number of alkyl halides is 3. The number of aldehydes is 1. The summed E-state index contributed by atoms with van der Waals surface area (Å²) in [5.74, 6) is -1.30. The van der Waals surface area contributed by atoms with Gasteiger partial charge in [-0.2, -0.15) is 13.2 Å². The Hall–Kier alpha value is -1.39. The molecule has 0 amide bonds. The summed E-state index contributed by atoms with van der Waals surface area (Å²) in [4.78, 5) is 10.0. The minimum atomic E-state index is -4.67. The van der Waals surface area contributed by atoms with E-state index < -0.39 is 17.6 Å². The summed E-state index contributed by atoms with van der Waals surface area (Å²) >= 11 is 0. The monoisotopic (exact) mass is 220 g/mol. The van der Waals surface area contributed by atoms with E-state index >= 15 is 0 Å². The van der Waals surface area contributed by atoms with Gasteiger partial charge in [-0.15, -0.1) is 0 Å². The van der Waals surface area contributed by atoms with Crippen LogP contribution < -0.4 is 0 Å². The minimum Gasteiger partial charge on any atom is -0.303 e. The molecule has 0 N–H and O–H groups in total. The first kappa shape index (κ1) is 11.7. The maximum atomic E-state index is 13.0. The third-order valence-corrected chi connectivity index (χ3v) is 1.89. The minimum absolute atomic E-state index is 0.171. The van der Waals surface area contributed by atoms with Gasteiger partial charge in [0, 0.05) is 6.42 Å². The smallest absolute Gasteiger partial charge is 0.303 e. The highest BCUT2D eigenvalue weighted by atomic mass is 19.4. The standard InChI is InChI=1S/C10H8F4O/c11-9-6-7(2-1-5-15)3-4-8(9)10(12,13)14/h3-6H,1-2H2.